The minimum Gasteiger partial charge on any atom is -0.359 e. The maximum absolute atomic E-state index is 10.9. The van der Waals surface area contributed by atoms with Crippen LogP contribution < -0.4 is 5.32 Å². The highest BCUT2D eigenvalue weighted by atomic mass is 16.2. The monoisotopic (exact) mass is 127 g/mol. The fraction of sp³-hybridized carbons (Fsp3) is 0.857. The minimum atomic E-state index is 0.204. The highest BCUT2D eigenvalue weighted by molar-refractivity contribution is 5.81. The van der Waals surface area contributed by atoms with E-state index in [4.69, 9.17) is 0 Å². The topological polar surface area (TPSA) is 29.1 Å². The first-order chi connectivity index (χ1) is 4.18. The lowest BCUT2D eigenvalue weighted by Crippen LogP contribution is -2.20. The Kier molecular flexibility index (Phi) is 1.47. The predicted octanol–water partition coefficient (Wildman–Crippen LogP) is 0.634. The molecule has 1 rings (SSSR count). The summed E-state index contributed by atoms with van der Waals surface area (Å²) in [6.45, 7) is 4.23. The Labute approximate surface area is 55.6 Å². The van der Waals surface area contributed by atoms with E-state index in [0.717, 1.165) is 0 Å². The van der Waals surface area contributed by atoms with Crippen LogP contribution in [0.1, 0.15) is 13.8 Å². The van der Waals surface area contributed by atoms with E-state index in [2.05, 4.69) is 19.2 Å². The zero-order chi connectivity index (χ0) is 7.02. The van der Waals surface area contributed by atoms with Gasteiger partial charge in [0.25, 0.3) is 0 Å². The molecule has 9 heavy (non-hydrogen) atoms. The van der Waals surface area contributed by atoms with Crippen LogP contribution in [0.5, 0.6) is 0 Å². The summed E-state index contributed by atoms with van der Waals surface area (Å²) in [5, 5.41) is 2.65. The molecular formula is C7H13NO. The second-order valence-electron chi connectivity index (χ2n) is 2.86. The molecule has 0 heterocycles. The molecule has 2 unspecified atom stereocenters. The van der Waals surface area contributed by atoms with Crippen molar-refractivity contribution in [3.05, 3.63) is 0 Å². The third kappa shape index (κ3) is 0.934. The Morgan fingerprint density at radius 2 is 1.78 bits per heavy atom. The first kappa shape index (κ1) is 6.59. The van der Waals surface area contributed by atoms with Crippen LogP contribution in [0.3, 0.4) is 0 Å². The summed E-state index contributed by atoms with van der Waals surface area (Å²) < 4.78 is 0. The number of carbonyl (C=O) groups excluding carboxylic acids is 1. The summed E-state index contributed by atoms with van der Waals surface area (Å²) in [7, 11) is 1.69. The standard InChI is InChI=1S/C7H13NO/c1-4-5(2)6(4)7(9)8-3/h4-6H,1-3H3,(H,8,9). The molecule has 0 aliphatic heterocycles. The molecule has 2 atom stereocenters. The van der Waals surface area contributed by atoms with Gasteiger partial charge in [0, 0.05) is 13.0 Å². The lowest BCUT2D eigenvalue weighted by Gasteiger charge is -1.92. The van der Waals surface area contributed by atoms with E-state index in [0.29, 0.717) is 17.8 Å². The third-order valence-electron chi connectivity index (χ3n) is 2.37. The highest BCUT2D eigenvalue weighted by Gasteiger charge is 2.47. The normalized spacial score (nSPS) is 40.1. The van der Waals surface area contributed by atoms with Crippen molar-refractivity contribution in [1.29, 1.82) is 0 Å². The lowest BCUT2D eigenvalue weighted by atomic mass is 10.3. The van der Waals surface area contributed by atoms with Crippen molar-refractivity contribution < 1.29 is 4.79 Å². The molecule has 0 aromatic heterocycles. The van der Waals surface area contributed by atoms with E-state index < -0.39 is 0 Å². The molecule has 1 saturated carbocycles. The van der Waals surface area contributed by atoms with Crippen LogP contribution in [-0.4, -0.2) is 13.0 Å². The van der Waals surface area contributed by atoms with E-state index in [-0.39, 0.29) is 5.91 Å². The molecule has 1 N–H and O–H groups in total. The van der Waals surface area contributed by atoms with E-state index in [9.17, 15) is 4.79 Å². The molecule has 1 fully saturated rings. The molecular weight excluding hydrogens is 114 g/mol. The van der Waals surface area contributed by atoms with Gasteiger partial charge in [-0.25, -0.2) is 0 Å². The number of hydrogen-bond donors (Lipinski definition) is 1. The summed E-state index contributed by atoms with van der Waals surface area (Å²) in [5.74, 6) is 1.71. The van der Waals surface area contributed by atoms with Gasteiger partial charge in [-0.2, -0.15) is 0 Å². The zero-order valence-electron chi connectivity index (χ0n) is 6.14. The summed E-state index contributed by atoms with van der Waals surface area (Å²) >= 11 is 0. The van der Waals surface area contributed by atoms with Gasteiger partial charge < -0.3 is 5.32 Å². The fourth-order valence-corrected chi connectivity index (χ4v) is 1.31. The number of rotatable bonds is 1. The average Bonchev–Trinajstić information content (AvgIpc) is 2.40. The Hall–Kier alpha value is -0.530. The van der Waals surface area contributed by atoms with Gasteiger partial charge in [0.2, 0.25) is 5.91 Å². The van der Waals surface area contributed by atoms with Crippen molar-refractivity contribution in [2.45, 2.75) is 13.8 Å². The second-order valence-corrected chi connectivity index (χ2v) is 2.86. The highest BCUT2D eigenvalue weighted by Crippen LogP contribution is 2.45. The summed E-state index contributed by atoms with van der Waals surface area (Å²) in [6, 6.07) is 0. The maximum atomic E-state index is 10.9. The van der Waals surface area contributed by atoms with Crippen molar-refractivity contribution >= 4 is 5.91 Å². The second kappa shape index (κ2) is 2.01. The number of nitrogens with one attached hydrogen (secondary N) is 1. The van der Waals surface area contributed by atoms with Crippen molar-refractivity contribution in [1.82, 2.24) is 5.32 Å². The quantitative estimate of drug-likeness (QED) is 0.550. The molecule has 0 saturated heterocycles. The van der Waals surface area contributed by atoms with Crippen LogP contribution in [0.25, 0.3) is 0 Å². The molecule has 1 amide bonds. The first-order valence-corrected chi connectivity index (χ1v) is 3.40. The van der Waals surface area contributed by atoms with Crippen LogP contribution >= 0.6 is 0 Å². The largest absolute Gasteiger partial charge is 0.359 e. The summed E-state index contributed by atoms with van der Waals surface area (Å²) in [4.78, 5) is 10.9. The Bertz CT molecular complexity index is 125. The van der Waals surface area contributed by atoms with Gasteiger partial charge in [0.15, 0.2) is 0 Å². The van der Waals surface area contributed by atoms with E-state index in [1.54, 1.807) is 7.05 Å². The van der Waals surface area contributed by atoms with Crippen LogP contribution in [-0.2, 0) is 4.79 Å². The van der Waals surface area contributed by atoms with Gasteiger partial charge in [-0.05, 0) is 11.8 Å². The Balaban J connectivity index is 2.40. The third-order valence-corrected chi connectivity index (χ3v) is 2.37. The molecule has 0 radical (unpaired) electrons. The summed E-state index contributed by atoms with van der Waals surface area (Å²) in [5.41, 5.74) is 0. The molecule has 2 heteroatoms. The van der Waals surface area contributed by atoms with Crippen molar-refractivity contribution in [2.24, 2.45) is 17.8 Å². The van der Waals surface area contributed by atoms with Crippen molar-refractivity contribution in [3.63, 3.8) is 0 Å². The van der Waals surface area contributed by atoms with E-state index in [1.807, 2.05) is 0 Å². The van der Waals surface area contributed by atoms with E-state index >= 15 is 0 Å². The molecule has 1 aliphatic carbocycles. The smallest absolute Gasteiger partial charge is 0.223 e. The molecule has 0 bridgehead atoms. The molecule has 0 aromatic carbocycles. The van der Waals surface area contributed by atoms with Crippen molar-refractivity contribution in [2.75, 3.05) is 7.05 Å². The molecule has 0 spiro atoms. The number of amides is 1. The van der Waals surface area contributed by atoms with Gasteiger partial charge in [0.05, 0.1) is 0 Å². The zero-order valence-corrected chi connectivity index (χ0v) is 6.14. The van der Waals surface area contributed by atoms with Crippen molar-refractivity contribution in [3.8, 4) is 0 Å². The first-order valence-electron chi connectivity index (χ1n) is 3.40. The molecule has 52 valence electrons. The number of hydrogen-bond acceptors (Lipinski definition) is 1. The van der Waals surface area contributed by atoms with Crippen LogP contribution in [0.15, 0.2) is 0 Å². The van der Waals surface area contributed by atoms with Gasteiger partial charge in [-0.15, -0.1) is 0 Å². The van der Waals surface area contributed by atoms with Gasteiger partial charge in [-0.1, -0.05) is 13.8 Å². The molecule has 1 aliphatic rings. The maximum Gasteiger partial charge on any atom is 0.223 e. The minimum absolute atomic E-state index is 0.204. The van der Waals surface area contributed by atoms with Gasteiger partial charge in [-0.3, -0.25) is 4.79 Å². The molecule has 0 aromatic rings. The van der Waals surface area contributed by atoms with Crippen LogP contribution in [0.2, 0.25) is 0 Å². The SMILES string of the molecule is CNC(=O)C1C(C)C1C. The Morgan fingerprint density at radius 1 is 1.33 bits per heavy atom. The number of carbonyl (C=O) groups is 1. The average molecular weight is 127 g/mol. The van der Waals surface area contributed by atoms with Gasteiger partial charge in [0.1, 0.15) is 0 Å². The van der Waals surface area contributed by atoms with E-state index in [1.165, 1.54) is 0 Å². The Morgan fingerprint density at radius 3 is 1.89 bits per heavy atom. The van der Waals surface area contributed by atoms with Crippen LogP contribution in [0.4, 0.5) is 0 Å². The van der Waals surface area contributed by atoms with Gasteiger partial charge >= 0.3 is 0 Å². The predicted molar refractivity (Wildman–Crippen MR) is 35.9 cm³/mol. The van der Waals surface area contributed by atoms with Crippen LogP contribution in [0, 0.1) is 17.8 Å². The lowest BCUT2D eigenvalue weighted by molar-refractivity contribution is -0.122. The molecule has 2 nitrogen and oxygen atoms in total. The fourth-order valence-electron chi connectivity index (χ4n) is 1.31. The summed E-state index contributed by atoms with van der Waals surface area (Å²) in [6.07, 6.45) is 0.